The lowest BCUT2D eigenvalue weighted by molar-refractivity contribution is -0.116. The molecule has 0 fully saturated rings. The second-order valence-electron chi connectivity index (χ2n) is 5.53. The van der Waals surface area contributed by atoms with E-state index in [1.807, 2.05) is 25.1 Å². The molecular weight excluding hydrogens is 322 g/mol. The van der Waals surface area contributed by atoms with E-state index in [-0.39, 0.29) is 12.7 Å². The monoisotopic (exact) mass is 343 g/mol. The van der Waals surface area contributed by atoms with Crippen molar-refractivity contribution in [2.24, 2.45) is 0 Å². The standard InChI is InChI=1S/C19H21NO5/c1-3-23-15-7-4-13(10-17(15)22-2)5-9-19(21)20-14-6-8-16-18(11-14)25-12-24-16/h4,6-8,10-11H,3,5,9,12H2,1-2H3,(H,20,21). The molecule has 0 atom stereocenters. The third-order valence-corrected chi connectivity index (χ3v) is 3.82. The van der Waals surface area contributed by atoms with Gasteiger partial charge in [-0.25, -0.2) is 0 Å². The van der Waals surface area contributed by atoms with Gasteiger partial charge in [-0.1, -0.05) is 6.07 Å². The van der Waals surface area contributed by atoms with E-state index in [2.05, 4.69) is 5.32 Å². The van der Waals surface area contributed by atoms with Crippen molar-refractivity contribution < 1.29 is 23.7 Å². The number of nitrogens with one attached hydrogen (secondary N) is 1. The average molecular weight is 343 g/mol. The van der Waals surface area contributed by atoms with Gasteiger partial charge in [-0.2, -0.15) is 0 Å². The van der Waals surface area contributed by atoms with Crippen molar-refractivity contribution in [3.8, 4) is 23.0 Å². The molecule has 25 heavy (non-hydrogen) atoms. The van der Waals surface area contributed by atoms with Crippen molar-refractivity contribution in [1.82, 2.24) is 0 Å². The molecule has 0 spiro atoms. The number of aryl methyl sites for hydroxylation is 1. The number of carbonyl (C=O) groups is 1. The number of amides is 1. The highest BCUT2D eigenvalue weighted by Crippen LogP contribution is 2.34. The van der Waals surface area contributed by atoms with Gasteiger partial charge < -0.3 is 24.3 Å². The van der Waals surface area contributed by atoms with E-state index in [1.54, 1.807) is 25.3 Å². The van der Waals surface area contributed by atoms with E-state index in [0.717, 1.165) is 5.56 Å². The summed E-state index contributed by atoms with van der Waals surface area (Å²) in [7, 11) is 1.61. The number of hydrogen-bond donors (Lipinski definition) is 1. The first-order chi connectivity index (χ1) is 12.2. The number of hydrogen-bond acceptors (Lipinski definition) is 5. The summed E-state index contributed by atoms with van der Waals surface area (Å²) in [4.78, 5) is 12.2. The number of anilines is 1. The highest BCUT2D eigenvalue weighted by Gasteiger charge is 2.14. The quantitative estimate of drug-likeness (QED) is 0.835. The fourth-order valence-corrected chi connectivity index (χ4v) is 2.60. The third kappa shape index (κ3) is 4.15. The SMILES string of the molecule is CCOc1ccc(CCC(=O)Nc2ccc3c(c2)OCO3)cc1OC. The maximum atomic E-state index is 12.2. The van der Waals surface area contributed by atoms with Crippen LogP contribution in [0.15, 0.2) is 36.4 Å². The topological polar surface area (TPSA) is 66.0 Å². The molecule has 1 heterocycles. The summed E-state index contributed by atoms with van der Waals surface area (Å²) in [6.45, 7) is 2.72. The van der Waals surface area contributed by atoms with Gasteiger partial charge in [-0.15, -0.1) is 0 Å². The van der Waals surface area contributed by atoms with Crippen molar-refractivity contribution in [3.63, 3.8) is 0 Å². The van der Waals surface area contributed by atoms with E-state index in [1.165, 1.54) is 0 Å². The van der Waals surface area contributed by atoms with E-state index in [4.69, 9.17) is 18.9 Å². The summed E-state index contributed by atoms with van der Waals surface area (Å²) in [6, 6.07) is 11.1. The average Bonchev–Trinajstić information content (AvgIpc) is 3.09. The number of methoxy groups -OCH3 is 1. The van der Waals surface area contributed by atoms with Gasteiger partial charge in [0.15, 0.2) is 23.0 Å². The lowest BCUT2D eigenvalue weighted by Gasteiger charge is -2.11. The number of fused-ring (bicyclic) bond motifs is 1. The van der Waals surface area contributed by atoms with Gasteiger partial charge >= 0.3 is 0 Å². The highest BCUT2D eigenvalue weighted by molar-refractivity contribution is 5.91. The van der Waals surface area contributed by atoms with Crippen LogP contribution in [0, 0.1) is 0 Å². The number of benzene rings is 2. The molecule has 1 aliphatic heterocycles. The zero-order valence-electron chi connectivity index (χ0n) is 14.3. The zero-order valence-corrected chi connectivity index (χ0v) is 14.3. The van der Waals surface area contributed by atoms with Gasteiger partial charge in [-0.3, -0.25) is 4.79 Å². The normalized spacial score (nSPS) is 11.9. The molecule has 0 radical (unpaired) electrons. The molecule has 6 nitrogen and oxygen atoms in total. The van der Waals surface area contributed by atoms with Crippen LogP contribution in [-0.4, -0.2) is 26.4 Å². The number of rotatable bonds is 7. The Kier molecular flexibility index (Phi) is 5.28. The Bertz CT molecular complexity index is 759. The van der Waals surface area contributed by atoms with Crippen molar-refractivity contribution in [2.45, 2.75) is 19.8 Å². The summed E-state index contributed by atoms with van der Waals surface area (Å²) >= 11 is 0. The first-order valence-corrected chi connectivity index (χ1v) is 8.19. The lowest BCUT2D eigenvalue weighted by atomic mass is 10.1. The first-order valence-electron chi connectivity index (χ1n) is 8.19. The molecule has 3 rings (SSSR count). The second-order valence-corrected chi connectivity index (χ2v) is 5.53. The van der Waals surface area contributed by atoms with E-state index < -0.39 is 0 Å². The Morgan fingerprint density at radius 2 is 1.96 bits per heavy atom. The van der Waals surface area contributed by atoms with Gasteiger partial charge in [0.1, 0.15) is 0 Å². The van der Waals surface area contributed by atoms with Crippen LogP contribution in [0.5, 0.6) is 23.0 Å². The number of carbonyl (C=O) groups excluding carboxylic acids is 1. The maximum Gasteiger partial charge on any atom is 0.231 e. The fourth-order valence-electron chi connectivity index (χ4n) is 2.60. The summed E-state index contributed by atoms with van der Waals surface area (Å²) in [5.41, 5.74) is 1.71. The predicted octanol–water partition coefficient (Wildman–Crippen LogP) is 3.39. The Morgan fingerprint density at radius 1 is 1.12 bits per heavy atom. The minimum Gasteiger partial charge on any atom is -0.493 e. The van der Waals surface area contributed by atoms with Crippen LogP contribution in [-0.2, 0) is 11.2 Å². The molecule has 0 saturated heterocycles. The molecule has 1 N–H and O–H groups in total. The second kappa shape index (κ2) is 7.79. The Labute approximate surface area is 146 Å². The van der Waals surface area contributed by atoms with Crippen LogP contribution in [0.2, 0.25) is 0 Å². The molecule has 0 saturated carbocycles. The minimum absolute atomic E-state index is 0.0632. The molecule has 2 aromatic rings. The van der Waals surface area contributed by atoms with Crippen molar-refractivity contribution in [3.05, 3.63) is 42.0 Å². The Balaban J connectivity index is 1.57. The molecule has 1 amide bonds. The molecular formula is C19H21NO5. The van der Waals surface area contributed by atoms with E-state index in [9.17, 15) is 4.79 Å². The van der Waals surface area contributed by atoms with Gasteiger partial charge in [0, 0.05) is 18.2 Å². The van der Waals surface area contributed by atoms with Crippen LogP contribution >= 0.6 is 0 Å². The van der Waals surface area contributed by atoms with Gasteiger partial charge in [0.25, 0.3) is 0 Å². The number of ether oxygens (including phenoxy) is 4. The Hall–Kier alpha value is -2.89. The Morgan fingerprint density at radius 3 is 2.76 bits per heavy atom. The summed E-state index contributed by atoms with van der Waals surface area (Å²) in [5.74, 6) is 2.66. The van der Waals surface area contributed by atoms with E-state index >= 15 is 0 Å². The molecule has 1 aliphatic rings. The molecule has 0 aliphatic carbocycles. The van der Waals surface area contributed by atoms with Crippen molar-refractivity contribution in [2.75, 3.05) is 25.8 Å². The lowest BCUT2D eigenvalue weighted by Crippen LogP contribution is -2.12. The summed E-state index contributed by atoms with van der Waals surface area (Å²) in [5, 5.41) is 2.87. The largest absolute Gasteiger partial charge is 0.493 e. The van der Waals surface area contributed by atoms with Crippen LogP contribution < -0.4 is 24.3 Å². The third-order valence-electron chi connectivity index (χ3n) is 3.82. The van der Waals surface area contributed by atoms with Gasteiger partial charge in [-0.05, 0) is 43.2 Å². The van der Waals surface area contributed by atoms with E-state index in [0.29, 0.717) is 48.1 Å². The van der Waals surface area contributed by atoms with Gasteiger partial charge in [0.05, 0.1) is 13.7 Å². The molecule has 2 aromatic carbocycles. The summed E-state index contributed by atoms with van der Waals surface area (Å²) in [6.07, 6.45) is 0.977. The van der Waals surface area contributed by atoms with Crippen LogP contribution in [0.25, 0.3) is 0 Å². The van der Waals surface area contributed by atoms with Gasteiger partial charge in [0.2, 0.25) is 12.7 Å². The fraction of sp³-hybridized carbons (Fsp3) is 0.316. The van der Waals surface area contributed by atoms with Crippen LogP contribution in [0.3, 0.4) is 0 Å². The molecule has 0 aromatic heterocycles. The first kappa shape index (κ1) is 17.0. The smallest absolute Gasteiger partial charge is 0.231 e. The van der Waals surface area contributed by atoms with Crippen molar-refractivity contribution >= 4 is 11.6 Å². The predicted molar refractivity (Wildman–Crippen MR) is 93.7 cm³/mol. The maximum absolute atomic E-state index is 12.2. The highest BCUT2D eigenvalue weighted by atomic mass is 16.7. The molecule has 0 bridgehead atoms. The minimum atomic E-state index is -0.0632. The molecule has 0 unspecified atom stereocenters. The zero-order chi connectivity index (χ0) is 17.6. The molecule has 132 valence electrons. The van der Waals surface area contributed by atoms with Crippen LogP contribution in [0.4, 0.5) is 5.69 Å². The van der Waals surface area contributed by atoms with Crippen LogP contribution in [0.1, 0.15) is 18.9 Å². The summed E-state index contributed by atoms with van der Waals surface area (Å²) < 4.78 is 21.4. The van der Waals surface area contributed by atoms with Crippen molar-refractivity contribution in [1.29, 1.82) is 0 Å². The molecule has 6 heteroatoms.